The summed E-state index contributed by atoms with van der Waals surface area (Å²) in [4.78, 5) is 30.5. The molecule has 118 valence electrons. The quantitative estimate of drug-likeness (QED) is 0.743. The Bertz CT molecular complexity index is 962. The SMILES string of the molecule is Cc1ccc(NC(=O)Cn2cnc3sc(C)cc3c2=O)c(Br)c1. The molecule has 0 aliphatic carbocycles. The summed E-state index contributed by atoms with van der Waals surface area (Å²) in [6.07, 6.45) is 1.42. The van der Waals surface area contributed by atoms with Gasteiger partial charge in [0, 0.05) is 9.35 Å². The van der Waals surface area contributed by atoms with Crippen LogP contribution >= 0.6 is 27.3 Å². The fraction of sp³-hybridized carbons (Fsp3) is 0.188. The number of thiophene rings is 1. The van der Waals surface area contributed by atoms with Gasteiger partial charge in [-0.05, 0) is 53.5 Å². The lowest BCUT2D eigenvalue weighted by Crippen LogP contribution is -2.27. The second-order valence-electron chi connectivity index (χ2n) is 5.28. The molecule has 0 saturated heterocycles. The Morgan fingerprint density at radius 2 is 2.13 bits per heavy atom. The Labute approximate surface area is 145 Å². The van der Waals surface area contributed by atoms with Crippen LogP contribution in [0.1, 0.15) is 10.4 Å². The summed E-state index contributed by atoms with van der Waals surface area (Å²) < 4.78 is 2.13. The Kier molecular flexibility index (Phi) is 4.32. The molecule has 0 bridgehead atoms. The number of anilines is 1. The fourth-order valence-corrected chi connectivity index (χ4v) is 3.69. The van der Waals surface area contributed by atoms with E-state index in [1.807, 2.05) is 32.0 Å². The number of carbonyl (C=O) groups excluding carboxylic acids is 1. The molecular formula is C16H14BrN3O2S. The van der Waals surface area contributed by atoms with E-state index in [-0.39, 0.29) is 18.0 Å². The van der Waals surface area contributed by atoms with Crippen molar-refractivity contribution in [1.29, 1.82) is 0 Å². The maximum atomic E-state index is 12.4. The van der Waals surface area contributed by atoms with Crippen molar-refractivity contribution < 1.29 is 4.79 Å². The molecule has 7 heteroatoms. The molecule has 1 aromatic carbocycles. The summed E-state index contributed by atoms with van der Waals surface area (Å²) in [6.45, 7) is 3.83. The van der Waals surface area contributed by atoms with Crippen molar-refractivity contribution in [3.63, 3.8) is 0 Å². The van der Waals surface area contributed by atoms with Crippen LogP contribution in [0.15, 0.2) is 39.9 Å². The monoisotopic (exact) mass is 391 g/mol. The molecule has 0 aliphatic heterocycles. The number of hydrogen-bond donors (Lipinski definition) is 1. The van der Waals surface area contributed by atoms with Crippen LogP contribution in [0.3, 0.4) is 0 Å². The number of nitrogens with zero attached hydrogens (tertiary/aromatic N) is 2. The van der Waals surface area contributed by atoms with Crippen molar-refractivity contribution in [2.45, 2.75) is 20.4 Å². The minimum absolute atomic E-state index is 0.0724. The maximum absolute atomic E-state index is 12.4. The fourth-order valence-electron chi connectivity index (χ4n) is 2.26. The third kappa shape index (κ3) is 3.35. The second kappa shape index (κ2) is 6.25. The van der Waals surface area contributed by atoms with Gasteiger partial charge in [-0.2, -0.15) is 0 Å². The van der Waals surface area contributed by atoms with Crippen molar-refractivity contribution in [3.05, 3.63) is 55.9 Å². The van der Waals surface area contributed by atoms with Crippen molar-refractivity contribution in [2.75, 3.05) is 5.32 Å². The van der Waals surface area contributed by atoms with Crippen molar-refractivity contribution in [1.82, 2.24) is 9.55 Å². The van der Waals surface area contributed by atoms with E-state index in [0.717, 1.165) is 14.9 Å². The molecular weight excluding hydrogens is 378 g/mol. The van der Waals surface area contributed by atoms with E-state index in [4.69, 9.17) is 0 Å². The normalized spacial score (nSPS) is 10.9. The zero-order chi connectivity index (χ0) is 16.6. The molecule has 23 heavy (non-hydrogen) atoms. The number of fused-ring (bicyclic) bond motifs is 1. The van der Waals surface area contributed by atoms with Gasteiger partial charge in [-0.1, -0.05) is 6.07 Å². The molecule has 0 atom stereocenters. The van der Waals surface area contributed by atoms with Gasteiger partial charge in [-0.3, -0.25) is 14.2 Å². The molecule has 0 unspecified atom stereocenters. The van der Waals surface area contributed by atoms with Crippen LogP contribution in [0.4, 0.5) is 5.69 Å². The highest BCUT2D eigenvalue weighted by atomic mass is 79.9. The lowest BCUT2D eigenvalue weighted by Gasteiger charge is -2.09. The summed E-state index contributed by atoms with van der Waals surface area (Å²) in [5.41, 5.74) is 1.57. The average molecular weight is 392 g/mol. The Balaban J connectivity index is 1.82. The first kappa shape index (κ1) is 15.9. The van der Waals surface area contributed by atoms with Crippen LogP contribution in [0, 0.1) is 13.8 Å². The third-order valence-corrected chi connectivity index (χ3v) is 4.97. The van der Waals surface area contributed by atoms with E-state index >= 15 is 0 Å². The van der Waals surface area contributed by atoms with E-state index in [9.17, 15) is 9.59 Å². The summed E-state index contributed by atoms with van der Waals surface area (Å²) >= 11 is 4.89. The number of carbonyl (C=O) groups is 1. The highest BCUT2D eigenvalue weighted by Crippen LogP contribution is 2.23. The molecule has 0 spiro atoms. The largest absolute Gasteiger partial charge is 0.324 e. The highest BCUT2D eigenvalue weighted by molar-refractivity contribution is 9.10. The van der Waals surface area contributed by atoms with Crippen molar-refractivity contribution in [2.24, 2.45) is 0 Å². The first-order valence-electron chi connectivity index (χ1n) is 6.95. The maximum Gasteiger partial charge on any atom is 0.262 e. The average Bonchev–Trinajstić information content (AvgIpc) is 2.87. The number of hydrogen-bond acceptors (Lipinski definition) is 4. The molecule has 0 fully saturated rings. The van der Waals surface area contributed by atoms with Gasteiger partial charge in [0.15, 0.2) is 0 Å². The van der Waals surface area contributed by atoms with Crippen LogP contribution in [-0.2, 0) is 11.3 Å². The van der Waals surface area contributed by atoms with E-state index in [1.165, 1.54) is 22.2 Å². The number of rotatable bonds is 3. The minimum atomic E-state index is -0.273. The number of benzene rings is 1. The van der Waals surface area contributed by atoms with Gasteiger partial charge in [-0.15, -0.1) is 11.3 Å². The number of amides is 1. The lowest BCUT2D eigenvalue weighted by atomic mass is 10.2. The molecule has 3 aromatic rings. The van der Waals surface area contributed by atoms with E-state index in [1.54, 1.807) is 6.07 Å². The van der Waals surface area contributed by atoms with Crippen molar-refractivity contribution in [3.8, 4) is 0 Å². The van der Waals surface area contributed by atoms with Gasteiger partial charge in [0.1, 0.15) is 11.4 Å². The Morgan fingerprint density at radius 3 is 2.87 bits per heavy atom. The topological polar surface area (TPSA) is 64.0 Å². The van der Waals surface area contributed by atoms with Crippen LogP contribution in [0.25, 0.3) is 10.2 Å². The van der Waals surface area contributed by atoms with E-state index in [0.29, 0.717) is 15.9 Å². The molecule has 0 saturated carbocycles. The van der Waals surface area contributed by atoms with Gasteiger partial charge in [0.25, 0.3) is 5.56 Å². The smallest absolute Gasteiger partial charge is 0.262 e. The summed E-state index contributed by atoms with van der Waals surface area (Å²) in [6, 6.07) is 7.46. The molecule has 0 aliphatic rings. The number of aryl methyl sites for hydroxylation is 2. The van der Waals surface area contributed by atoms with E-state index in [2.05, 4.69) is 26.2 Å². The van der Waals surface area contributed by atoms with Crippen LogP contribution in [0.2, 0.25) is 0 Å². The van der Waals surface area contributed by atoms with Gasteiger partial charge >= 0.3 is 0 Å². The lowest BCUT2D eigenvalue weighted by molar-refractivity contribution is -0.116. The summed E-state index contributed by atoms with van der Waals surface area (Å²) in [5.74, 6) is -0.273. The highest BCUT2D eigenvalue weighted by Gasteiger charge is 2.11. The molecule has 1 N–H and O–H groups in total. The Morgan fingerprint density at radius 1 is 1.35 bits per heavy atom. The number of aromatic nitrogens is 2. The number of halogens is 1. The zero-order valence-corrected chi connectivity index (χ0v) is 15.0. The first-order valence-corrected chi connectivity index (χ1v) is 8.56. The van der Waals surface area contributed by atoms with Gasteiger partial charge in [0.2, 0.25) is 5.91 Å². The minimum Gasteiger partial charge on any atom is -0.324 e. The molecule has 3 rings (SSSR count). The van der Waals surface area contributed by atoms with Crippen LogP contribution in [-0.4, -0.2) is 15.5 Å². The van der Waals surface area contributed by atoms with Crippen LogP contribution in [0.5, 0.6) is 0 Å². The summed E-state index contributed by atoms with van der Waals surface area (Å²) in [7, 11) is 0. The predicted octanol–water partition coefficient (Wildman–Crippen LogP) is 3.48. The number of nitrogens with one attached hydrogen (secondary N) is 1. The molecule has 2 aromatic heterocycles. The van der Waals surface area contributed by atoms with Gasteiger partial charge in [-0.25, -0.2) is 4.98 Å². The molecule has 0 radical (unpaired) electrons. The molecule has 1 amide bonds. The Hall–Kier alpha value is -1.99. The van der Waals surface area contributed by atoms with Crippen LogP contribution < -0.4 is 10.9 Å². The molecule has 2 heterocycles. The predicted molar refractivity (Wildman–Crippen MR) is 96.1 cm³/mol. The summed E-state index contributed by atoms with van der Waals surface area (Å²) in [5, 5.41) is 3.35. The standard InChI is InChI=1S/C16H14BrN3O2S/c1-9-3-4-13(12(17)5-9)19-14(21)7-20-8-18-15-11(16(20)22)6-10(2)23-15/h3-6,8H,7H2,1-2H3,(H,19,21). The van der Waals surface area contributed by atoms with Gasteiger partial charge < -0.3 is 5.32 Å². The van der Waals surface area contributed by atoms with Gasteiger partial charge in [0.05, 0.1) is 17.4 Å². The van der Waals surface area contributed by atoms with E-state index < -0.39 is 0 Å². The zero-order valence-electron chi connectivity index (χ0n) is 12.6. The first-order chi connectivity index (χ1) is 10.9. The van der Waals surface area contributed by atoms with Crippen molar-refractivity contribution >= 4 is 49.1 Å². The third-order valence-electron chi connectivity index (χ3n) is 3.35. The second-order valence-corrected chi connectivity index (χ2v) is 7.37. The molecule has 5 nitrogen and oxygen atoms in total.